The second kappa shape index (κ2) is 3.40. The average Bonchev–Trinajstić information content (AvgIpc) is 2.19. The molecule has 2 N–H and O–H groups in total. The van der Waals surface area contributed by atoms with Gasteiger partial charge in [-0.25, -0.2) is 0 Å². The topological polar surface area (TPSA) is 38.5 Å². The summed E-state index contributed by atoms with van der Waals surface area (Å²) in [5.41, 5.74) is 7.85. The Morgan fingerprint density at radius 1 is 1.50 bits per heavy atom. The van der Waals surface area contributed by atoms with Crippen LogP contribution in [0.2, 0.25) is 0 Å². The van der Waals surface area contributed by atoms with E-state index in [0.29, 0.717) is 6.04 Å². The monoisotopic (exact) mass is 192 g/mol. The molecule has 1 aromatic rings. The minimum atomic E-state index is 0.601. The SMILES string of the molecule is COc1ccc(N)c(N2CCC2C)c1. The Hall–Kier alpha value is -1.38. The van der Waals surface area contributed by atoms with Crippen LogP contribution in [0.1, 0.15) is 13.3 Å². The van der Waals surface area contributed by atoms with Crippen molar-refractivity contribution in [3.05, 3.63) is 18.2 Å². The van der Waals surface area contributed by atoms with Crippen LogP contribution in [0.5, 0.6) is 5.75 Å². The number of nitrogens with two attached hydrogens (primary N) is 1. The van der Waals surface area contributed by atoms with Crippen LogP contribution < -0.4 is 15.4 Å². The van der Waals surface area contributed by atoms with Crippen molar-refractivity contribution in [3.63, 3.8) is 0 Å². The number of nitrogens with zero attached hydrogens (tertiary/aromatic N) is 1. The molecule has 0 bridgehead atoms. The first-order valence-corrected chi connectivity index (χ1v) is 4.92. The number of anilines is 2. The van der Waals surface area contributed by atoms with Crippen LogP contribution in [0, 0.1) is 0 Å². The van der Waals surface area contributed by atoms with Crippen molar-refractivity contribution in [2.24, 2.45) is 0 Å². The molecule has 1 heterocycles. The maximum absolute atomic E-state index is 5.92. The molecule has 1 aliphatic rings. The van der Waals surface area contributed by atoms with Crippen molar-refractivity contribution in [2.45, 2.75) is 19.4 Å². The zero-order chi connectivity index (χ0) is 10.1. The van der Waals surface area contributed by atoms with Gasteiger partial charge in [-0.1, -0.05) is 0 Å². The van der Waals surface area contributed by atoms with Crippen molar-refractivity contribution in [1.29, 1.82) is 0 Å². The fourth-order valence-corrected chi connectivity index (χ4v) is 1.77. The first kappa shape index (κ1) is 9.19. The van der Waals surface area contributed by atoms with Gasteiger partial charge in [-0.2, -0.15) is 0 Å². The lowest BCUT2D eigenvalue weighted by atomic mass is 10.0. The van der Waals surface area contributed by atoms with Crippen molar-refractivity contribution in [1.82, 2.24) is 0 Å². The van der Waals surface area contributed by atoms with Gasteiger partial charge in [0.05, 0.1) is 18.5 Å². The smallest absolute Gasteiger partial charge is 0.121 e. The van der Waals surface area contributed by atoms with Gasteiger partial charge in [0.1, 0.15) is 5.75 Å². The van der Waals surface area contributed by atoms with Crippen LogP contribution in [0.15, 0.2) is 18.2 Å². The molecule has 76 valence electrons. The molecule has 0 spiro atoms. The third-order valence-corrected chi connectivity index (χ3v) is 2.87. The van der Waals surface area contributed by atoms with E-state index in [2.05, 4.69) is 11.8 Å². The Labute approximate surface area is 84.5 Å². The molecule has 0 aliphatic carbocycles. The highest BCUT2D eigenvalue weighted by atomic mass is 16.5. The third-order valence-electron chi connectivity index (χ3n) is 2.87. The van der Waals surface area contributed by atoms with Crippen LogP contribution in [-0.4, -0.2) is 19.7 Å². The normalized spacial score (nSPS) is 20.4. The highest BCUT2D eigenvalue weighted by molar-refractivity contribution is 5.71. The van der Waals surface area contributed by atoms with Crippen LogP contribution in [0.3, 0.4) is 0 Å². The maximum atomic E-state index is 5.92. The van der Waals surface area contributed by atoms with Gasteiger partial charge in [-0.15, -0.1) is 0 Å². The van der Waals surface area contributed by atoms with E-state index >= 15 is 0 Å². The van der Waals surface area contributed by atoms with Crippen molar-refractivity contribution < 1.29 is 4.74 Å². The van der Waals surface area contributed by atoms with E-state index in [4.69, 9.17) is 10.5 Å². The average molecular weight is 192 g/mol. The molecule has 1 aliphatic heterocycles. The first-order valence-electron chi connectivity index (χ1n) is 4.92. The lowest BCUT2D eigenvalue weighted by Crippen LogP contribution is -2.46. The Morgan fingerprint density at radius 2 is 2.29 bits per heavy atom. The van der Waals surface area contributed by atoms with Gasteiger partial charge in [0.15, 0.2) is 0 Å². The summed E-state index contributed by atoms with van der Waals surface area (Å²) in [4.78, 5) is 2.30. The molecule has 2 rings (SSSR count). The van der Waals surface area contributed by atoms with Crippen molar-refractivity contribution >= 4 is 11.4 Å². The van der Waals surface area contributed by atoms with E-state index in [-0.39, 0.29) is 0 Å². The van der Waals surface area contributed by atoms with E-state index in [1.54, 1.807) is 7.11 Å². The molecule has 1 saturated heterocycles. The van der Waals surface area contributed by atoms with Crippen LogP contribution in [0.25, 0.3) is 0 Å². The standard InChI is InChI=1S/C11H16N2O/c1-8-5-6-13(8)11-7-9(14-2)3-4-10(11)12/h3-4,7-8H,5-6,12H2,1-2H3. The van der Waals surface area contributed by atoms with Crippen LogP contribution in [0.4, 0.5) is 11.4 Å². The number of benzene rings is 1. The quantitative estimate of drug-likeness (QED) is 0.727. The molecule has 1 fully saturated rings. The first-order chi connectivity index (χ1) is 6.72. The molecule has 3 nitrogen and oxygen atoms in total. The fraction of sp³-hybridized carbons (Fsp3) is 0.455. The molecule has 3 heteroatoms. The molecule has 1 atom stereocenters. The van der Waals surface area contributed by atoms with E-state index in [1.165, 1.54) is 6.42 Å². The van der Waals surface area contributed by atoms with E-state index in [1.807, 2.05) is 18.2 Å². The largest absolute Gasteiger partial charge is 0.497 e. The minimum absolute atomic E-state index is 0.601. The van der Waals surface area contributed by atoms with Gasteiger partial charge >= 0.3 is 0 Å². The number of ether oxygens (including phenoxy) is 1. The highest BCUT2D eigenvalue weighted by Gasteiger charge is 2.25. The Morgan fingerprint density at radius 3 is 2.79 bits per heavy atom. The summed E-state index contributed by atoms with van der Waals surface area (Å²) < 4.78 is 5.18. The fourth-order valence-electron chi connectivity index (χ4n) is 1.77. The molecular formula is C11H16N2O. The summed E-state index contributed by atoms with van der Waals surface area (Å²) >= 11 is 0. The number of hydrogen-bond donors (Lipinski definition) is 1. The predicted molar refractivity (Wildman–Crippen MR) is 58.8 cm³/mol. The zero-order valence-corrected chi connectivity index (χ0v) is 8.66. The number of nitrogen functional groups attached to an aromatic ring is 1. The Balaban J connectivity index is 2.31. The van der Waals surface area contributed by atoms with E-state index < -0.39 is 0 Å². The van der Waals surface area contributed by atoms with E-state index in [0.717, 1.165) is 23.7 Å². The maximum Gasteiger partial charge on any atom is 0.121 e. The van der Waals surface area contributed by atoms with Gasteiger partial charge in [-0.05, 0) is 25.5 Å². The molecule has 0 aromatic heterocycles. The second-order valence-electron chi connectivity index (χ2n) is 3.76. The Kier molecular flexibility index (Phi) is 2.23. The molecule has 1 unspecified atom stereocenters. The van der Waals surface area contributed by atoms with Gasteiger partial charge in [0, 0.05) is 18.7 Å². The van der Waals surface area contributed by atoms with Crippen molar-refractivity contribution in [3.8, 4) is 5.75 Å². The zero-order valence-electron chi connectivity index (χ0n) is 8.66. The molecular weight excluding hydrogens is 176 g/mol. The molecule has 0 radical (unpaired) electrons. The third kappa shape index (κ3) is 1.39. The van der Waals surface area contributed by atoms with E-state index in [9.17, 15) is 0 Å². The highest BCUT2D eigenvalue weighted by Crippen LogP contribution is 2.33. The summed E-state index contributed by atoms with van der Waals surface area (Å²) in [6, 6.07) is 6.40. The lowest BCUT2D eigenvalue weighted by Gasteiger charge is -2.41. The van der Waals surface area contributed by atoms with Gasteiger partial charge < -0.3 is 15.4 Å². The second-order valence-corrected chi connectivity index (χ2v) is 3.76. The summed E-state index contributed by atoms with van der Waals surface area (Å²) in [7, 11) is 1.68. The number of hydrogen-bond acceptors (Lipinski definition) is 3. The molecule has 0 saturated carbocycles. The van der Waals surface area contributed by atoms with Crippen LogP contribution in [-0.2, 0) is 0 Å². The van der Waals surface area contributed by atoms with Crippen LogP contribution >= 0.6 is 0 Å². The Bertz CT molecular complexity index is 338. The predicted octanol–water partition coefficient (Wildman–Crippen LogP) is 1.88. The lowest BCUT2D eigenvalue weighted by molar-refractivity contribution is 0.413. The summed E-state index contributed by atoms with van der Waals surface area (Å²) in [6.07, 6.45) is 1.25. The molecule has 14 heavy (non-hydrogen) atoms. The molecule has 1 aromatic carbocycles. The van der Waals surface area contributed by atoms with Gasteiger partial charge in [-0.3, -0.25) is 0 Å². The van der Waals surface area contributed by atoms with Crippen molar-refractivity contribution in [2.75, 3.05) is 24.3 Å². The van der Waals surface area contributed by atoms with Gasteiger partial charge in [0.2, 0.25) is 0 Å². The number of rotatable bonds is 2. The summed E-state index contributed by atoms with van der Waals surface area (Å²) in [5.74, 6) is 0.869. The van der Waals surface area contributed by atoms with Gasteiger partial charge in [0.25, 0.3) is 0 Å². The number of methoxy groups -OCH3 is 1. The molecule has 0 amide bonds. The summed E-state index contributed by atoms with van der Waals surface area (Å²) in [6.45, 7) is 3.31. The minimum Gasteiger partial charge on any atom is -0.497 e. The summed E-state index contributed by atoms with van der Waals surface area (Å²) in [5, 5.41) is 0.